The molecular weight excluding hydrogens is 264 g/mol. The Bertz CT molecular complexity index is 480. The van der Waals surface area contributed by atoms with Gasteiger partial charge in [-0.25, -0.2) is 4.98 Å². The molecule has 1 saturated heterocycles. The van der Waals surface area contributed by atoms with Gasteiger partial charge in [0, 0.05) is 26.2 Å². The third-order valence-corrected chi connectivity index (χ3v) is 3.84. The molecule has 0 radical (unpaired) electrons. The number of carbonyl (C=O) groups is 1. The summed E-state index contributed by atoms with van der Waals surface area (Å²) >= 11 is 4.99. The smallest absolute Gasteiger partial charge is 0.291 e. The van der Waals surface area contributed by atoms with Crippen LogP contribution in [-0.4, -0.2) is 57.9 Å². The predicted molar refractivity (Wildman–Crippen MR) is 75.0 cm³/mol. The number of nitrogens with two attached hydrogens (primary N) is 1. The van der Waals surface area contributed by atoms with Gasteiger partial charge in [0.15, 0.2) is 6.39 Å². The number of piperazine rings is 1. The second-order valence-corrected chi connectivity index (χ2v) is 5.14. The fraction of sp³-hybridized carbons (Fsp3) is 0.583. The third kappa shape index (κ3) is 2.93. The van der Waals surface area contributed by atoms with Crippen LogP contribution in [0.1, 0.15) is 23.2 Å². The summed E-state index contributed by atoms with van der Waals surface area (Å²) in [4.78, 5) is 20.6. The Balaban J connectivity index is 1.95. The lowest BCUT2D eigenvalue weighted by atomic mass is 10.2. The maximum Gasteiger partial charge on any atom is 0.291 e. The van der Waals surface area contributed by atoms with Gasteiger partial charge in [-0.3, -0.25) is 9.69 Å². The number of nitrogens with zero attached hydrogens (tertiary/aromatic N) is 3. The zero-order valence-electron chi connectivity index (χ0n) is 11.1. The molecule has 1 aromatic heterocycles. The van der Waals surface area contributed by atoms with Crippen molar-refractivity contribution in [1.82, 2.24) is 14.8 Å². The molecule has 104 valence electrons. The van der Waals surface area contributed by atoms with Gasteiger partial charge in [-0.2, -0.15) is 0 Å². The number of hydrogen-bond donors (Lipinski definition) is 1. The first-order chi connectivity index (χ1) is 9.00. The number of aromatic nitrogens is 1. The molecule has 2 rings (SSSR count). The van der Waals surface area contributed by atoms with Crippen molar-refractivity contribution in [1.29, 1.82) is 0 Å². The highest BCUT2D eigenvalue weighted by atomic mass is 32.1. The van der Waals surface area contributed by atoms with Crippen LogP contribution in [0, 0.1) is 6.92 Å². The van der Waals surface area contributed by atoms with Crippen molar-refractivity contribution >= 4 is 23.1 Å². The van der Waals surface area contributed by atoms with Gasteiger partial charge in [0.05, 0.1) is 16.7 Å². The van der Waals surface area contributed by atoms with Crippen LogP contribution in [-0.2, 0) is 0 Å². The summed E-state index contributed by atoms with van der Waals surface area (Å²) < 4.78 is 5.14. The van der Waals surface area contributed by atoms with Crippen LogP contribution in [0.3, 0.4) is 0 Å². The Kier molecular flexibility index (Phi) is 4.16. The number of carbonyl (C=O) groups excluding carboxylic acids is 1. The number of aryl methyl sites for hydroxylation is 1. The molecule has 7 heteroatoms. The highest BCUT2D eigenvalue weighted by molar-refractivity contribution is 7.80. The van der Waals surface area contributed by atoms with Gasteiger partial charge < -0.3 is 15.1 Å². The molecule has 1 amide bonds. The van der Waals surface area contributed by atoms with Gasteiger partial charge >= 0.3 is 0 Å². The molecular formula is C12H18N4O2S. The van der Waals surface area contributed by atoms with Crippen molar-refractivity contribution in [2.75, 3.05) is 26.2 Å². The SMILES string of the molecule is Cc1ncoc1C(=O)N1CCN(C(C)C(N)=S)CC1. The molecule has 19 heavy (non-hydrogen) atoms. The Morgan fingerprint density at radius 3 is 2.58 bits per heavy atom. The van der Waals surface area contributed by atoms with E-state index in [1.54, 1.807) is 11.8 Å². The number of rotatable bonds is 3. The molecule has 0 aromatic carbocycles. The fourth-order valence-corrected chi connectivity index (χ4v) is 2.29. The van der Waals surface area contributed by atoms with E-state index < -0.39 is 0 Å². The molecule has 0 spiro atoms. The predicted octanol–water partition coefficient (Wildman–Crippen LogP) is 0.415. The van der Waals surface area contributed by atoms with Gasteiger partial charge in [-0.1, -0.05) is 12.2 Å². The second kappa shape index (κ2) is 5.66. The molecule has 0 aliphatic carbocycles. The van der Waals surface area contributed by atoms with Crippen molar-refractivity contribution in [3.63, 3.8) is 0 Å². The third-order valence-electron chi connectivity index (χ3n) is 3.50. The van der Waals surface area contributed by atoms with E-state index in [9.17, 15) is 4.79 Å². The Hall–Kier alpha value is -1.47. The minimum atomic E-state index is -0.0994. The van der Waals surface area contributed by atoms with E-state index in [4.69, 9.17) is 22.4 Å². The van der Waals surface area contributed by atoms with Gasteiger partial charge in [-0.05, 0) is 13.8 Å². The van der Waals surface area contributed by atoms with Crippen LogP contribution in [0.2, 0.25) is 0 Å². The highest BCUT2D eigenvalue weighted by Gasteiger charge is 2.27. The number of hydrogen-bond acceptors (Lipinski definition) is 5. The lowest BCUT2D eigenvalue weighted by Crippen LogP contribution is -2.54. The maximum absolute atomic E-state index is 12.2. The maximum atomic E-state index is 12.2. The first-order valence-corrected chi connectivity index (χ1v) is 6.64. The summed E-state index contributed by atoms with van der Waals surface area (Å²) in [6, 6.07) is 0.0688. The average Bonchev–Trinajstić information content (AvgIpc) is 2.83. The monoisotopic (exact) mass is 282 g/mol. The fourth-order valence-electron chi connectivity index (χ4n) is 2.14. The lowest BCUT2D eigenvalue weighted by Gasteiger charge is -2.37. The van der Waals surface area contributed by atoms with Crippen LogP contribution in [0.15, 0.2) is 10.8 Å². The normalized spacial score (nSPS) is 18.3. The quantitative estimate of drug-likeness (QED) is 0.810. The Morgan fingerprint density at radius 1 is 1.47 bits per heavy atom. The molecule has 1 aromatic rings. The van der Waals surface area contributed by atoms with Crippen LogP contribution in [0.25, 0.3) is 0 Å². The van der Waals surface area contributed by atoms with E-state index in [-0.39, 0.29) is 11.9 Å². The molecule has 1 fully saturated rings. The van der Waals surface area contributed by atoms with E-state index in [2.05, 4.69) is 9.88 Å². The van der Waals surface area contributed by atoms with E-state index in [1.165, 1.54) is 6.39 Å². The standard InChI is InChI=1S/C12H18N4O2S/c1-8-10(18-7-14-8)12(17)16-5-3-15(4-6-16)9(2)11(13)19/h7,9H,3-6H2,1-2H3,(H2,13,19). The summed E-state index contributed by atoms with van der Waals surface area (Å²) in [6.45, 7) is 6.56. The average molecular weight is 282 g/mol. The molecule has 2 heterocycles. The minimum Gasteiger partial charge on any atom is -0.438 e. The van der Waals surface area contributed by atoms with Gasteiger partial charge in [0.2, 0.25) is 5.76 Å². The molecule has 0 bridgehead atoms. The first kappa shape index (κ1) is 14.0. The van der Waals surface area contributed by atoms with Gasteiger partial charge in [-0.15, -0.1) is 0 Å². The largest absolute Gasteiger partial charge is 0.438 e. The van der Waals surface area contributed by atoms with E-state index in [0.29, 0.717) is 29.5 Å². The summed E-state index contributed by atoms with van der Waals surface area (Å²) in [5, 5.41) is 0. The summed E-state index contributed by atoms with van der Waals surface area (Å²) in [5.41, 5.74) is 6.27. The number of thiocarbonyl (C=S) groups is 1. The van der Waals surface area contributed by atoms with Crippen LogP contribution in [0.4, 0.5) is 0 Å². The molecule has 1 aliphatic rings. The first-order valence-electron chi connectivity index (χ1n) is 6.23. The second-order valence-electron chi connectivity index (χ2n) is 4.67. The van der Waals surface area contributed by atoms with E-state index >= 15 is 0 Å². The zero-order chi connectivity index (χ0) is 14.0. The molecule has 6 nitrogen and oxygen atoms in total. The minimum absolute atomic E-state index is 0.0688. The topological polar surface area (TPSA) is 75.6 Å². The molecule has 1 aliphatic heterocycles. The summed E-state index contributed by atoms with van der Waals surface area (Å²) in [6.07, 6.45) is 1.30. The van der Waals surface area contributed by atoms with Gasteiger partial charge in [0.25, 0.3) is 5.91 Å². The Labute approximate surface area is 117 Å². The summed E-state index contributed by atoms with van der Waals surface area (Å²) in [5.74, 6) is 0.230. The Morgan fingerprint density at radius 2 is 2.11 bits per heavy atom. The van der Waals surface area contributed by atoms with Crippen molar-refractivity contribution < 1.29 is 9.21 Å². The van der Waals surface area contributed by atoms with Gasteiger partial charge in [0.1, 0.15) is 0 Å². The molecule has 0 saturated carbocycles. The zero-order valence-corrected chi connectivity index (χ0v) is 11.9. The number of oxazole rings is 1. The van der Waals surface area contributed by atoms with Crippen molar-refractivity contribution in [2.24, 2.45) is 5.73 Å². The van der Waals surface area contributed by atoms with Crippen molar-refractivity contribution in [3.8, 4) is 0 Å². The van der Waals surface area contributed by atoms with Crippen molar-refractivity contribution in [3.05, 3.63) is 17.8 Å². The van der Waals surface area contributed by atoms with Crippen LogP contribution >= 0.6 is 12.2 Å². The molecule has 2 N–H and O–H groups in total. The lowest BCUT2D eigenvalue weighted by molar-refractivity contribution is 0.0590. The van der Waals surface area contributed by atoms with Crippen LogP contribution < -0.4 is 5.73 Å². The summed E-state index contributed by atoms with van der Waals surface area (Å²) in [7, 11) is 0. The highest BCUT2D eigenvalue weighted by Crippen LogP contribution is 2.13. The van der Waals surface area contributed by atoms with E-state index in [0.717, 1.165) is 13.1 Å². The van der Waals surface area contributed by atoms with Crippen molar-refractivity contribution in [2.45, 2.75) is 19.9 Å². The van der Waals surface area contributed by atoms with Crippen LogP contribution in [0.5, 0.6) is 0 Å². The van der Waals surface area contributed by atoms with E-state index in [1.807, 2.05) is 6.92 Å². The molecule has 1 unspecified atom stereocenters. The molecule has 1 atom stereocenters. The number of amides is 1.